The van der Waals surface area contributed by atoms with E-state index in [2.05, 4.69) is 4.99 Å². The number of anilines is 1. The smallest absolute Gasteiger partial charge is 0.282 e. The highest BCUT2D eigenvalue weighted by molar-refractivity contribution is 6.33. The summed E-state index contributed by atoms with van der Waals surface area (Å²) in [5.41, 5.74) is 0.106. The van der Waals surface area contributed by atoms with Crippen molar-refractivity contribution >= 4 is 34.9 Å². The number of nitro benzene ring substituents is 2. The molecule has 10 nitrogen and oxygen atoms in total. The van der Waals surface area contributed by atoms with Gasteiger partial charge in [0, 0.05) is 17.7 Å². The first-order valence-electron chi connectivity index (χ1n) is 9.28. The third-order valence-corrected chi connectivity index (χ3v) is 4.73. The van der Waals surface area contributed by atoms with Gasteiger partial charge < -0.3 is 5.11 Å². The number of rotatable bonds is 5. The molecule has 1 heterocycles. The van der Waals surface area contributed by atoms with Crippen molar-refractivity contribution in [3.63, 3.8) is 0 Å². The Morgan fingerprint density at radius 2 is 1.59 bits per heavy atom. The van der Waals surface area contributed by atoms with Gasteiger partial charge in [-0.05, 0) is 18.2 Å². The first kappa shape index (κ1) is 20.4. The predicted octanol–water partition coefficient (Wildman–Crippen LogP) is 4.04. The maximum absolute atomic E-state index is 13.3. The van der Waals surface area contributed by atoms with Crippen LogP contribution in [0.3, 0.4) is 0 Å². The quantitative estimate of drug-likeness (QED) is 0.368. The summed E-state index contributed by atoms with van der Waals surface area (Å²) in [5.74, 6) is -0.959. The maximum atomic E-state index is 13.3. The van der Waals surface area contributed by atoms with Crippen LogP contribution >= 0.6 is 0 Å². The first-order valence-corrected chi connectivity index (χ1v) is 9.28. The largest absolute Gasteiger partial charge is 0.505 e. The molecule has 10 heteroatoms. The number of hydrogen-bond acceptors (Lipinski definition) is 7. The monoisotopic (exact) mass is 430 g/mol. The van der Waals surface area contributed by atoms with Gasteiger partial charge in [-0.1, -0.05) is 42.5 Å². The Balaban J connectivity index is 1.87. The van der Waals surface area contributed by atoms with Gasteiger partial charge in [-0.3, -0.25) is 29.9 Å². The van der Waals surface area contributed by atoms with E-state index in [-0.39, 0.29) is 34.2 Å². The number of nitrogens with zero attached hydrogens (tertiary/aromatic N) is 4. The molecule has 0 spiro atoms. The molecule has 0 atom stereocenters. The number of para-hydroxylation sites is 1. The van der Waals surface area contributed by atoms with Crippen LogP contribution in [0, 0.1) is 20.2 Å². The molecule has 0 fully saturated rings. The van der Waals surface area contributed by atoms with Crippen molar-refractivity contribution in [1.82, 2.24) is 0 Å². The lowest BCUT2D eigenvalue weighted by molar-refractivity contribution is -0.385. The summed E-state index contributed by atoms with van der Waals surface area (Å²) in [6.07, 6.45) is 1.30. The molecule has 0 aliphatic carbocycles. The zero-order chi connectivity index (χ0) is 22.8. The molecule has 158 valence electrons. The van der Waals surface area contributed by atoms with Gasteiger partial charge in [-0.25, -0.2) is 4.99 Å². The van der Waals surface area contributed by atoms with Crippen LogP contribution in [0.5, 0.6) is 5.75 Å². The Hall–Kier alpha value is -4.86. The van der Waals surface area contributed by atoms with Crippen LogP contribution in [-0.2, 0) is 4.79 Å². The van der Waals surface area contributed by atoms with Crippen molar-refractivity contribution in [1.29, 1.82) is 0 Å². The van der Waals surface area contributed by atoms with Gasteiger partial charge in [0.2, 0.25) is 0 Å². The molecule has 3 aromatic carbocycles. The number of benzene rings is 3. The Labute approximate surface area is 180 Å². The molecule has 4 rings (SSSR count). The molecular weight excluding hydrogens is 416 g/mol. The van der Waals surface area contributed by atoms with Crippen LogP contribution in [0.1, 0.15) is 11.1 Å². The van der Waals surface area contributed by atoms with E-state index >= 15 is 0 Å². The molecular formula is C22H14N4O6. The lowest BCUT2D eigenvalue weighted by Crippen LogP contribution is -2.32. The van der Waals surface area contributed by atoms with Crippen molar-refractivity contribution in [2.75, 3.05) is 4.90 Å². The number of amides is 1. The summed E-state index contributed by atoms with van der Waals surface area (Å²) >= 11 is 0. The number of nitro groups is 2. The Bertz CT molecular complexity index is 1320. The van der Waals surface area contributed by atoms with Crippen molar-refractivity contribution in [3.8, 4) is 5.75 Å². The molecule has 1 aliphatic heterocycles. The number of aromatic hydroxyl groups is 1. The number of carbonyl (C=O) groups is 1. The van der Waals surface area contributed by atoms with Crippen LogP contribution in [0.25, 0.3) is 6.08 Å². The fourth-order valence-corrected chi connectivity index (χ4v) is 3.26. The minimum Gasteiger partial charge on any atom is -0.505 e. The fourth-order valence-electron chi connectivity index (χ4n) is 3.26. The Kier molecular flexibility index (Phi) is 5.17. The first-order chi connectivity index (χ1) is 15.4. The predicted molar refractivity (Wildman–Crippen MR) is 116 cm³/mol. The van der Waals surface area contributed by atoms with Crippen LogP contribution in [-0.4, -0.2) is 26.7 Å². The van der Waals surface area contributed by atoms with E-state index in [0.29, 0.717) is 5.56 Å². The van der Waals surface area contributed by atoms with Crippen LogP contribution in [0.4, 0.5) is 17.1 Å². The number of non-ortho nitro benzene ring substituents is 1. The highest BCUT2D eigenvalue weighted by Gasteiger charge is 2.35. The molecule has 0 bridgehead atoms. The SMILES string of the molecule is O=C1C(=Cc2ccccc2[N+](=O)[O-])N=C(c2ccccc2)N1c1ccc([N+](=O)[O-])cc1O. The van der Waals surface area contributed by atoms with E-state index in [0.717, 1.165) is 17.0 Å². The Morgan fingerprint density at radius 3 is 2.25 bits per heavy atom. The second kappa shape index (κ2) is 8.11. The topological polar surface area (TPSA) is 139 Å². The van der Waals surface area contributed by atoms with Crippen LogP contribution < -0.4 is 4.90 Å². The van der Waals surface area contributed by atoms with E-state index < -0.39 is 21.5 Å². The van der Waals surface area contributed by atoms with Gasteiger partial charge in [0.05, 0.1) is 27.2 Å². The molecule has 0 saturated heterocycles. The van der Waals surface area contributed by atoms with Crippen molar-refractivity contribution in [3.05, 3.63) is 110 Å². The standard InChI is InChI=1S/C22H14N4O6/c27-20-13-16(25(29)30)10-11-19(20)24-21(14-6-2-1-3-7-14)23-17(22(24)28)12-15-8-4-5-9-18(15)26(31)32/h1-13,27H. The minimum absolute atomic E-state index is 0.00540. The van der Waals surface area contributed by atoms with Gasteiger partial charge in [-0.15, -0.1) is 0 Å². The summed E-state index contributed by atoms with van der Waals surface area (Å²) in [6.45, 7) is 0. The fraction of sp³-hybridized carbons (Fsp3) is 0. The van der Waals surface area contributed by atoms with Crippen molar-refractivity contribution in [2.45, 2.75) is 0 Å². The third-order valence-electron chi connectivity index (χ3n) is 4.73. The number of phenolic OH excluding ortho intramolecular Hbond substituents is 1. The number of amidine groups is 1. The maximum Gasteiger partial charge on any atom is 0.282 e. The zero-order valence-corrected chi connectivity index (χ0v) is 16.3. The highest BCUT2D eigenvalue weighted by Crippen LogP contribution is 2.36. The molecule has 0 radical (unpaired) electrons. The minimum atomic E-state index is -0.665. The molecule has 1 amide bonds. The summed E-state index contributed by atoms with van der Waals surface area (Å²) in [5, 5.41) is 32.8. The van der Waals surface area contributed by atoms with E-state index in [1.165, 1.54) is 30.3 Å². The molecule has 0 saturated carbocycles. The second-order valence-corrected chi connectivity index (χ2v) is 6.72. The van der Waals surface area contributed by atoms with Gasteiger partial charge in [-0.2, -0.15) is 0 Å². The van der Waals surface area contributed by atoms with E-state index in [1.54, 1.807) is 36.4 Å². The molecule has 0 unspecified atom stereocenters. The average molecular weight is 430 g/mol. The van der Waals surface area contributed by atoms with Gasteiger partial charge in [0.1, 0.15) is 17.3 Å². The third kappa shape index (κ3) is 3.67. The molecule has 0 aromatic heterocycles. The van der Waals surface area contributed by atoms with E-state index in [1.807, 2.05) is 0 Å². The number of hydrogen-bond donors (Lipinski definition) is 1. The lowest BCUT2D eigenvalue weighted by atomic mass is 10.1. The van der Waals surface area contributed by atoms with Gasteiger partial charge in [0.25, 0.3) is 17.3 Å². The number of aliphatic imine (C=N–C) groups is 1. The van der Waals surface area contributed by atoms with E-state index in [4.69, 9.17) is 0 Å². The van der Waals surface area contributed by atoms with Crippen LogP contribution in [0.2, 0.25) is 0 Å². The molecule has 3 aromatic rings. The highest BCUT2D eigenvalue weighted by atomic mass is 16.6. The van der Waals surface area contributed by atoms with Gasteiger partial charge in [0.15, 0.2) is 0 Å². The molecule has 32 heavy (non-hydrogen) atoms. The molecule has 1 aliphatic rings. The normalized spacial score (nSPS) is 14.5. The Morgan fingerprint density at radius 1 is 0.906 bits per heavy atom. The summed E-state index contributed by atoms with van der Waals surface area (Å²) in [7, 11) is 0. The van der Waals surface area contributed by atoms with Crippen LogP contribution in [0.15, 0.2) is 83.5 Å². The number of carbonyl (C=O) groups excluding carboxylic acids is 1. The summed E-state index contributed by atoms with van der Waals surface area (Å²) in [4.78, 5) is 39.9. The zero-order valence-electron chi connectivity index (χ0n) is 16.3. The van der Waals surface area contributed by atoms with E-state index in [9.17, 15) is 30.1 Å². The molecule has 1 N–H and O–H groups in total. The lowest BCUT2D eigenvalue weighted by Gasteiger charge is -2.19. The summed E-state index contributed by atoms with van der Waals surface area (Å²) < 4.78 is 0. The van der Waals surface area contributed by atoms with Crippen molar-refractivity contribution < 1.29 is 19.7 Å². The van der Waals surface area contributed by atoms with Crippen molar-refractivity contribution in [2.24, 2.45) is 4.99 Å². The summed E-state index contributed by atoms with van der Waals surface area (Å²) in [6, 6.07) is 17.9. The number of phenols is 1. The van der Waals surface area contributed by atoms with Gasteiger partial charge >= 0.3 is 0 Å². The average Bonchev–Trinajstić information content (AvgIpc) is 3.10. The second-order valence-electron chi connectivity index (χ2n) is 6.72.